The van der Waals surface area contributed by atoms with Crippen molar-refractivity contribution in [1.29, 1.82) is 0 Å². The summed E-state index contributed by atoms with van der Waals surface area (Å²) in [6.45, 7) is 5.23. The molecule has 3 nitrogen and oxygen atoms in total. The summed E-state index contributed by atoms with van der Waals surface area (Å²) in [4.78, 5) is 13.1. The number of carbonyl (C=O) groups is 1. The Bertz CT molecular complexity index is 215. The second kappa shape index (κ2) is 8.34. The van der Waals surface area contributed by atoms with E-state index in [1.807, 2.05) is 26.0 Å². The normalized spacial score (nSPS) is 16.3. The van der Waals surface area contributed by atoms with Crippen LogP contribution in [0.3, 0.4) is 0 Å². The molecule has 0 amide bonds. The third-order valence-corrected chi connectivity index (χ3v) is 2.17. The summed E-state index contributed by atoms with van der Waals surface area (Å²) in [5.74, 6) is -0.234. The smallest absolute Gasteiger partial charge is 0.333 e. The molecule has 0 heterocycles. The molecule has 0 aliphatic heterocycles. The Labute approximate surface area is 99.5 Å². The molecule has 3 heteroatoms. The van der Waals surface area contributed by atoms with Gasteiger partial charge in [-0.3, -0.25) is 0 Å². The Morgan fingerprint density at radius 1 is 1.19 bits per heavy atom. The molecule has 0 N–H and O–H groups in total. The van der Waals surface area contributed by atoms with E-state index in [0.717, 1.165) is 12.8 Å². The minimum Gasteiger partial charge on any atom is -0.459 e. The van der Waals surface area contributed by atoms with E-state index in [0.29, 0.717) is 5.57 Å². The van der Waals surface area contributed by atoms with Crippen molar-refractivity contribution in [3.63, 3.8) is 0 Å². The highest BCUT2D eigenvalue weighted by molar-refractivity contribution is 5.87. The van der Waals surface area contributed by atoms with Crippen molar-refractivity contribution in [2.24, 2.45) is 0 Å². The molecule has 0 radical (unpaired) electrons. The van der Waals surface area contributed by atoms with E-state index in [1.54, 1.807) is 6.92 Å². The van der Waals surface area contributed by atoms with Gasteiger partial charge in [0.2, 0.25) is 0 Å². The fourth-order valence-electron chi connectivity index (χ4n) is 1.43. The number of esters is 1. The molecule has 0 aromatic carbocycles. The van der Waals surface area contributed by atoms with Crippen LogP contribution < -0.4 is 0 Å². The summed E-state index contributed by atoms with van der Waals surface area (Å²) >= 11 is 0. The van der Waals surface area contributed by atoms with Gasteiger partial charge in [0.25, 0.3) is 0 Å². The first-order chi connectivity index (χ1) is 7.43. The van der Waals surface area contributed by atoms with E-state index >= 15 is 0 Å². The predicted molar refractivity (Wildman–Crippen MR) is 67.4 cm³/mol. The van der Waals surface area contributed by atoms with Crippen LogP contribution in [0.15, 0.2) is 12.2 Å². The lowest BCUT2D eigenvalue weighted by Gasteiger charge is -2.21. The zero-order valence-electron chi connectivity index (χ0n) is 11.1. The maximum Gasteiger partial charge on any atom is 0.333 e. The average molecular weight is 227 g/mol. The summed E-state index contributed by atoms with van der Waals surface area (Å²) < 4.78 is 5.21. The molecule has 1 aliphatic rings. The first-order valence-electron chi connectivity index (χ1n) is 5.91. The molecule has 0 aromatic rings. The van der Waals surface area contributed by atoms with Gasteiger partial charge in [-0.15, -0.1) is 0 Å². The number of rotatable bonds is 2. The van der Waals surface area contributed by atoms with Crippen LogP contribution in [0, 0.1) is 0 Å². The van der Waals surface area contributed by atoms with Gasteiger partial charge in [-0.25, -0.2) is 4.79 Å². The Kier molecular flexibility index (Phi) is 7.90. The van der Waals surface area contributed by atoms with Crippen LogP contribution in [0.2, 0.25) is 0 Å². The van der Waals surface area contributed by atoms with Crippen molar-refractivity contribution in [3.8, 4) is 0 Å². The topological polar surface area (TPSA) is 29.5 Å². The standard InChI is InChI=1S/C10H16O2.C3H9N/c1-8(2)10(11)12-9-6-4-3-5-7-9;1-4(2)3/h9H,1,3-7H2,2H3;1-3H3. The molecule has 0 spiro atoms. The zero-order chi connectivity index (χ0) is 12.6. The zero-order valence-corrected chi connectivity index (χ0v) is 11.1. The van der Waals surface area contributed by atoms with Crippen molar-refractivity contribution in [2.75, 3.05) is 21.1 Å². The van der Waals surface area contributed by atoms with Gasteiger partial charge < -0.3 is 9.64 Å². The molecule has 0 atom stereocenters. The predicted octanol–water partition coefficient (Wildman–Crippen LogP) is 2.62. The van der Waals surface area contributed by atoms with Gasteiger partial charge >= 0.3 is 5.97 Å². The Morgan fingerprint density at radius 3 is 2.00 bits per heavy atom. The number of nitrogens with zero attached hydrogens (tertiary/aromatic N) is 1. The maximum atomic E-state index is 11.1. The summed E-state index contributed by atoms with van der Waals surface area (Å²) in [6.07, 6.45) is 5.87. The molecule has 94 valence electrons. The van der Waals surface area contributed by atoms with E-state index in [-0.39, 0.29) is 12.1 Å². The van der Waals surface area contributed by atoms with Crippen LogP contribution in [0.1, 0.15) is 39.0 Å². The van der Waals surface area contributed by atoms with Crippen molar-refractivity contribution < 1.29 is 9.53 Å². The van der Waals surface area contributed by atoms with Gasteiger partial charge in [-0.1, -0.05) is 13.0 Å². The molecule has 0 unspecified atom stereocenters. The molecule has 0 bridgehead atoms. The van der Waals surface area contributed by atoms with E-state index in [1.165, 1.54) is 19.3 Å². The van der Waals surface area contributed by atoms with Gasteiger partial charge in [-0.2, -0.15) is 0 Å². The molecule has 1 aliphatic carbocycles. The summed E-state index contributed by atoms with van der Waals surface area (Å²) in [6, 6.07) is 0. The number of ether oxygens (including phenoxy) is 1. The average Bonchev–Trinajstić information content (AvgIpc) is 2.18. The van der Waals surface area contributed by atoms with Gasteiger partial charge in [-0.05, 0) is 53.8 Å². The minimum absolute atomic E-state index is 0.156. The van der Waals surface area contributed by atoms with E-state index in [4.69, 9.17) is 4.74 Å². The van der Waals surface area contributed by atoms with E-state index in [2.05, 4.69) is 6.58 Å². The molecule has 1 saturated carbocycles. The van der Waals surface area contributed by atoms with Gasteiger partial charge in [0.05, 0.1) is 0 Å². The molecule has 16 heavy (non-hydrogen) atoms. The number of carbonyl (C=O) groups excluding carboxylic acids is 1. The Hall–Kier alpha value is -0.830. The van der Waals surface area contributed by atoms with Gasteiger partial charge in [0, 0.05) is 5.57 Å². The van der Waals surface area contributed by atoms with Crippen LogP contribution >= 0.6 is 0 Å². The summed E-state index contributed by atoms with van der Waals surface area (Å²) in [5.41, 5.74) is 0.501. The molecule has 1 fully saturated rings. The Morgan fingerprint density at radius 2 is 1.62 bits per heavy atom. The molecule has 0 saturated heterocycles. The second-order valence-electron chi connectivity index (χ2n) is 4.79. The third-order valence-electron chi connectivity index (χ3n) is 2.17. The highest BCUT2D eigenvalue weighted by Crippen LogP contribution is 2.20. The highest BCUT2D eigenvalue weighted by atomic mass is 16.5. The third kappa shape index (κ3) is 8.48. The lowest BCUT2D eigenvalue weighted by Crippen LogP contribution is -2.20. The molecule has 1 rings (SSSR count). The first kappa shape index (κ1) is 15.2. The van der Waals surface area contributed by atoms with Crippen LogP contribution in [-0.4, -0.2) is 38.1 Å². The molecular formula is C13H25NO2. The van der Waals surface area contributed by atoms with Crippen molar-refractivity contribution >= 4 is 5.97 Å². The highest BCUT2D eigenvalue weighted by Gasteiger charge is 2.17. The fraction of sp³-hybridized carbons (Fsp3) is 0.769. The van der Waals surface area contributed by atoms with Crippen LogP contribution in [-0.2, 0) is 9.53 Å². The monoisotopic (exact) mass is 227 g/mol. The second-order valence-corrected chi connectivity index (χ2v) is 4.79. The lowest BCUT2D eigenvalue weighted by atomic mass is 9.98. The minimum atomic E-state index is -0.234. The summed E-state index contributed by atoms with van der Waals surface area (Å²) in [7, 11) is 6.00. The molecule has 0 aromatic heterocycles. The SMILES string of the molecule is C=C(C)C(=O)OC1CCCCC1.CN(C)C. The Balaban J connectivity index is 0.000000487. The van der Waals surface area contributed by atoms with Crippen LogP contribution in [0.4, 0.5) is 0 Å². The van der Waals surface area contributed by atoms with Crippen molar-refractivity contribution in [3.05, 3.63) is 12.2 Å². The number of hydrogen-bond acceptors (Lipinski definition) is 3. The maximum absolute atomic E-state index is 11.1. The van der Waals surface area contributed by atoms with Crippen LogP contribution in [0.25, 0.3) is 0 Å². The summed E-state index contributed by atoms with van der Waals surface area (Å²) in [5, 5.41) is 0. The largest absolute Gasteiger partial charge is 0.459 e. The molecular weight excluding hydrogens is 202 g/mol. The van der Waals surface area contributed by atoms with E-state index in [9.17, 15) is 4.79 Å². The fourth-order valence-corrected chi connectivity index (χ4v) is 1.43. The lowest BCUT2D eigenvalue weighted by molar-refractivity contribution is -0.145. The quantitative estimate of drug-likeness (QED) is 0.536. The van der Waals surface area contributed by atoms with Crippen LogP contribution in [0.5, 0.6) is 0 Å². The van der Waals surface area contributed by atoms with Gasteiger partial charge in [0.15, 0.2) is 0 Å². The first-order valence-corrected chi connectivity index (χ1v) is 5.91. The van der Waals surface area contributed by atoms with Gasteiger partial charge in [0.1, 0.15) is 6.10 Å². The van der Waals surface area contributed by atoms with E-state index < -0.39 is 0 Å². The van der Waals surface area contributed by atoms with Crippen molar-refractivity contribution in [1.82, 2.24) is 4.90 Å². The number of hydrogen-bond donors (Lipinski definition) is 0. The van der Waals surface area contributed by atoms with Crippen molar-refractivity contribution in [2.45, 2.75) is 45.1 Å².